The van der Waals surface area contributed by atoms with Gasteiger partial charge in [0.25, 0.3) is 0 Å². The van der Waals surface area contributed by atoms with Gasteiger partial charge >= 0.3 is 0 Å². The number of halogens is 1. The third kappa shape index (κ3) is 3.52. The summed E-state index contributed by atoms with van der Waals surface area (Å²) in [7, 11) is 3.19. The van der Waals surface area contributed by atoms with E-state index in [9.17, 15) is 5.11 Å². The van der Waals surface area contributed by atoms with Gasteiger partial charge in [0.05, 0.1) is 37.1 Å². The van der Waals surface area contributed by atoms with Crippen LogP contribution in [0.1, 0.15) is 18.6 Å². The Bertz CT molecular complexity index is 1190. The number of methoxy groups -OCH3 is 2. The van der Waals surface area contributed by atoms with E-state index < -0.39 is 6.10 Å². The van der Waals surface area contributed by atoms with Crippen LogP contribution in [0.3, 0.4) is 0 Å². The molecule has 0 saturated heterocycles. The Morgan fingerprint density at radius 1 is 1.03 bits per heavy atom. The molecule has 7 heteroatoms. The van der Waals surface area contributed by atoms with Crippen LogP contribution in [0.5, 0.6) is 11.5 Å². The number of aliphatic hydroxyl groups excluding tert-OH is 1. The molecule has 2 heterocycles. The molecule has 0 saturated carbocycles. The van der Waals surface area contributed by atoms with Gasteiger partial charge in [-0.2, -0.15) is 0 Å². The summed E-state index contributed by atoms with van der Waals surface area (Å²) in [5.41, 5.74) is 3.81. The predicted molar refractivity (Wildman–Crippen MR) is 113 cm³/mol. The van der Waals surface area contributed by atoms with Crippen LogP contribution < -0.4 is 9.47 Å². The number of benzene rings is 2. The van der Waals surface area contributed by atoms with Crippen molar-refractivity contribution in [1.82, 2.24) is 14.5 Å². The van der Waals surface area contributed by atoms with Crippen LogP contribution in [0.4, 0.5) is 0 Å². The van der Waals surface area contributed by atoms with Gasteiger partial charge in [-0.25, -0.2) is 9.97 Å². The first-order valence-corrected chi connectivity index (χ1v) is 9.44. The van der Waals surface area contributed by atoms with E-state index in [-0.39, 0.29) is 0 Å². The number of hydrogen-bond acceptors (Lipinski definition) is 5. The molecule has 0 aliphatic carbocycles. The van der Waals surface area contributed by atoms with Crippen molar-refractivity contribution in [2.75, 3.05) is 14.2 Å². The fraction of sp³-hybridized carbons (Fsp3) is 0.182. The fourth-order valence-corrected chi connectivity index (χ4v) is 3.51. The van der Waals surface area contributed by atoms with Crippen LogP contribution in [0.2, 0.25) is 5.02 Å². The molecule has 2 aromatic heterocycles. The largest absolute Gasteiger partial charge is 0.493 e. The SMILES string of the molecule is COc1cc2ncn(-c3ccc(C(C)O)c(-c4cccc(Cl)c4)n3)c2cc1OC. The molecule has 4 aromatic rings. The van der Waals surface area contributed by atoms with E-state index in [4.69, 9.17) is 26.1 Å². The average molecular weight is 410 g/mol. The third-order valence-corrected chi connectivity index (χ3v) is 4.99. The zero-order valence-electron chi connectivity index (χ0n) is 16.3. The summed E-state index contributed by atoms with van der Waals surface area (Å²) in [6, 6.07) is 14.8. The number of hydrogen-bond donors (Lipinski definition) is 1. The highest BCUT2D eigenvalue weighted by Crippen LogP contribution is 2.34. The molecule has 0 bridgehead atoms. The lowest BCUT2D eigenvalue weighted by Crippen LogP contribution is -2.03. The summed E-state index contributed by atoms with van der Waals surface area (Å²) in [6.07, 6.45) is 1.03. The van der Waals surface area contributed by atoms with E-state index in [1.165, 1.54) is 0 Å². The van der Waals surface area contributed by atoms with E-state index >= 15 is 0 Å². The Labute approximate surface area is 173 Å². The molecule has 1 atom stereocenters. The topological polar surface area (TPSA) is 69.4 Å². The van der Waals surface area contributed by atoms with Gasteiger partial charge < -0.3 is 14.6 Å². The monoisotopic (exact) mass is 409 g/mol. The van der Waals surface area contributed by atoms with Crippen molar-refractivity contribution in [2.24, 2.45) is 0 Å². The van der Waals surface area contributed by atoms with E-state index in [2.05, 4.69) is 4.98 Å². The lowest BCUT2D eigenvalue weighted by Gasteiger charge is -2.14. The smallest absolute Gasteiger partial charge is 0.163 e. The molecule has 0 radical (unpaired) electrons. The van der Waals surface area contributed by atoms with Crippen LogP contribution in [0.25, 0.3) is 28.1 Å². The van der Waals surface area contributed by atoms with E-state index in [1.807, 2.05) is 47.0 Å². The first-order chi connectivity index (χ1) is 14.0. The van der Waals surface area contributed by atoms with Gasteiger partial charge in [0.2, 0.25) is 0 Å². The first kappa shape index (κ1) is 19.2. The molecule has 6 nitrogen and oxygen atoms in total. The van der Waals surface area contributed by atoms with Gasteiger partial charge in [0.15, 0.2) is 11.5 Å². The molecule has 0 aliphatic heterocycles. The van der Waals surface area contributed by atoms with Crippen molar-refractivity contribution in [3.63, 3.8) is 0 Å². The molecule has 0 amide bonds. The molecule has 0 fully saturated rings. The quantitative estimate of drug-likeness (QED) is 0.512. The van der Waals surface area contributed by atoms with Crippen LogP contribution in [0.15, 0.2) is 54.9 Å². The molecule has 1 N–H and O–H groups in total. The second kappa shape index (κ2) is 7.73. The molecule has 0 aliphatic rings. The second-order valence-corrected chi connectivity index (χ2v) is 7.04. The Morgan fingerprint density at radius 3 is 2.48 bits per heavy atom. The molecule has 4 rings (SSSR count). The standard InChI is InChI=1S/C22H20ClN3O3/c1-13(27)16-7-8-21(25-22(16)14-5-4-6-15(23)9-14)26-12-24-17-10-19(28-2)20(29-3)11-18(17)26/h4-13,27H,1-3H3. The molecule has 29 heavy (non-hydrogen) atoms. The first-order valence-electron chi connectivity index (χ1n) is 9.06. The zero-order chi connectivity index (χ0) is 20.5. The molecule has 1 unspecified atom stereocenters. The van der Waals surface area contributed by atoms with E-state index in [0.717, 1.165) is 22.2 Å². The number of aromatic nitrogens is 3. The summed E-state index contributed by atoms with van der Waals surface area (Å²) < 4.78 is 12.7. The Kier molecular flexibility index (Phi) is 5.13. The predicted octanol–water partition coefficient (Wildman–Crippen LogP) is 4.81. The number of ether oxygens (including phenoxy) is 2. The Hall–Kier alpha value is -3.09. The summed E-state index contributed by atoms with van der Waals surface area (Å²) in [4.78, 5) is 9.30. The highest BCUT2D eigenvalue weighted by atomic mass is 35.5. The highest BCUT2D eigenvalue weighted by Gasteiger charge is 2.16. The van der Waals surface area contributed by atoms with Crippen LogP contribution >= 0.6 is 11.6 Å². The number of rotatable bonds is 5. The van der Waals surface area contributed by atoms with Crippen molar-refractivity contribution in [2.45, 2.75) is 13.0 Å². The van der Waals surface area contributed by atoms with Crippen molar-refractivity contribution in [3.8, 4) is 28.6 Å². The van der Waals surface area contributed by atoms with Gasteiger partial charge in [-0.05, 0) is 25.1 Å². The van der Waals surface area contributed by atoms with Crippen LogP contribution in [-0.2, 0) is 0 Å². The number of fused-ring (bicyclic) bond motifs is 1. The Balaban J connectivity index is 1.91. The van der Waals surface area contributed by atoms with Gasteiger partial charge in [-0.3, -0.25) is 4.57 Å². The molecule has 2 aromatic carbocycles. The maximum atomic E-state index is 10.2. The van der Waals surface area contributed by atoms with E-state index in [0.29, 0.717) is 28.0 Å². The van der Waals surface area contributed by atoms with Gasteiger partial charge in [-0.15, -0.1) is 0 Å². The number of imidazole rings is 1. The summed E-state index contributed by atoms with van der Waals surface area (Å²) >= 11 is 6.17. The van der Waals surface area contributed by atoms with Crippen molar-refractivity contribution >= 4 is 22.6 Å². The van der Waals surface area contributed by atoms with Crippen LogP contribution in [-0.4, -0.2) is 33.9 Å². The number of pyridine rings is 1. The number of aliphatic hydroxyl groups is 1. The maximum Gasteiger partial charge on any atom is 0.163 e. The van der Waals surface area contributed by atoms with Crippen LogP contribution in [0, 0.1) is 0 Å². The van der Waals surface area contributed by atoms with E-state index in [1.54, 1.807) is 33.5 Å². The summed E-state index contributed by atoms with van der Waals surface area (Å²) in [5.74, 6) is 1.89. The Morgan fingerprint density at radius 2 is 1.79 bits per heavy atom. The minimum Gasteiger partial charge on any atom is -0.493 e. The second-order valence-electron chi connectivity index (χ2n) is 6.60. The van der Waals surface area contributed by atoms with Crippen molar-refractivity contribution in [1.29, 1.82) is 0 Å². The lowest BCUT2D eigenvalue weighted by molar-refractivity contribution is 0.199. The average Bonchev–Trinajstić information content (AvgIpc) is 3.14. The van der Waals surface area contributed by atoms with Gasteiger partial charge in [0, 0.05) is 28.3 Å². The third-order valence-electron chi connectivity index (χ3n) is 4.76. The van der Waals surface area contributed by atoms with Gasteiger partial charge in [0.1, 0.15) is 12.1 Å². The normalized spacial score (nSPS) is 12.2. The molecular formula is C22H20ClN3O3. The molecular weight excluding hydrogens is 390 g/mol. The van der Waals surface area contributed by atoms with Gasteiger partial charge in [-0.1, -0.05) is 29.8 Å². The maximum absolute atomic E-state index is 10.2. The van der Waals surface area contributed by atoms with Crippen molar-refractivity contribution < 1.29 is 14.6 Å². The highest BCUT2D eigenvalue weighted by molar-refractivity contribution is 6.30. The molecule has 148 valence electrons. The fourth-order valence-electron chi connectivity index (χ4n) is 3.32. The lowest BCUT2D eigenvalue weighted by atomic mass is 10.0. The minimum atomic E-state index is -0.672. The summed E-state index contributed by atoms with van der Waals surface area (Å²) in [6.45, 7) is 1.72. The summed E-state index contributed by atoms with van der Waals surface area (Å²) in [5, 5.41) is 10.8. The van der Waals surface area contributed by atoms with Crippen molar-refractivity contribution in [3.05, 3.63) is 65.4 Å². The zero-order valence-corrected chi connectivity index (χ0v) is 17.0. The number of nitrogens with zero attached hydrogens (tertiary/aromatic N) is 3. The molecule has 0 spiro atoms. The minimum absolute atomic E-state index is 0.608.